The van der Waals surface area contributed by atoms with Crippen molar-refractivity contribution in [2.75, 3.05) is 13.1 Å². The number of carbonyl (C=O) groups is 3. The van der Waals surface area contributed by atoms with Gasteiger partial charge in [-0.25, -0.2) is 23.9 Å². The molecule has 10 heteroatoms. The Hall–Kier alpha value is -4.08. The van der Waals surface area contributed by atoms with Crippen molar-refractivity contribution in [3.63, 3.8) is 0 Å². The summed E-state index contributed by atoms with van der Waals surface area (Å²) < 4.78 is 12.7. The third kappa shape index (κ3) is 5.93. The maximum Gasteiger partial charge on any atom is 0.420 e. The number of amides is 2. The molecular formula is C32H40N4O6. The highest BCUT2D eigenvalue weighted by molar-refractivity contribution is 5.91. The molecule has 0 bridgehead atoms. The molecule has 4 heterocycles. The first-order chi connectivity index (χ1) is 19.6. The van der Waals surface area contributed by atoms with Crippen molar-refractivity contribution in [2.45, 2.75) is 91.5 Å². The number of hydrogen-bond acceptors (Lipinski definition) is 6. The second kappa shape index (κ2) is 10.6. The van der Waals surface area contributed by atoms with Crippen LogP contribution in [0.1, 0.15) is 82.7 Å². The van der Waals surface area contributed by atoms with E-state index >= 15 is 0 Å². The van der Waals surface area contributed by atoms with Gasteiger partial charge in [0.15, 0.2) is 0 Å². The predicted molar refractivity (Wildman–Crippen MR) is 159 cm³/mol. The number of likely N-dealkylation sites (tertiary alicyclic amines) is 1. The van der Waals surface area contributed by atoms with Crippen LogP contribution in [0, 0.1) is 6.92 Å². The Morgan fingerprint density at radius 3 is 2.31 bits per heavy atom. The Morgan fingerprint density at radius 1 is 0.952 bits per heavy atom. The Bertz CT molecular complexity index is 1560. The first-order valence-electron chi connectivity index (χ1n) is 14.5. The van der Waals surface area contributed by atoms with Crippen molar-refractivity contribution in [3.05, 3.63) is 52.8 Å². The quantitative estimate of drug-likeness (QED) is 0.353. The molecule has 224 valence electrons. The van der Waals surface area contributed by atoms with Gasteiger partial charge in [-0.3, -0.25) is 0 Å². The lowest BCUT2D eigenvalue weighted by Gasteiger charge is -2.33. The highest BCUT2D eigenvalue weighted by Gasteiger charge is 2.36. The van der Waals surface area contributed by atoms with Crippen LogP contribution < -0.4 is 0 Å². The molecule has 3 aromatic rings. The molecule has 5 rings (SSSR count). The molecule has 0 spiro atoms. The Kier molecular flexibility index (Phi) is 7.45. The molecule has 1 unspecified atom stereocenters. The van der Waals surface area contributed by atoms with E-state index in [1.54, 1.807) is 17.3 Å². The zero-order chi connectivity index (χ0) is 30.6. The number of hydrogen-bond donors (Lipinski definition) is 1. The summed E-state index contributed by atoms with van der Waals surface area (Å²) in [4.78, 5) is 45.8. The largest absolute Gasteiger partial charge is 0.465 e. The Labute approximate surface area is 246 Å². The molecule has 2 amide bonds. The maximum atomic E-state index is 13.2. The van der Waals surface area contributed by atoms with Crippen molar-refractivity contribution >= 4 is 29.3 Å². The van der Waals surface area contributed by atoms with Gasteiger partial charge in [0.05, 0.1) is 6.04 Å². The van der Waals surface area contributed by atoms with Crippen LogP contribution in [-0.4, -0.2) is 67.0 Å². The third-order valence-electron chi connectivity index (χ3n) is 7.65. The van der Waals surface area contributed by atoms with Crippen LogP contribution in [0.3, 0.4) is 0 Å². The molecule has 1 aromatic carbocycles. The molecule has 0 aliphatic carbocycles. The van der Waals surface area contributed by atoms with Gasteiger partial charge in [0, 0.05) is 43.0 Å². The lowest BCUT2D eigenvalue weighted by molar-refractivity contribution is 0.0223. The van der Waals surface area contributed by atoms with Crippen molar-refractivity contribution < 1.29 is 29.0 Å². The van der Waals surface area contributed by atoms with E-state index in [1.807, 2.05) is 60.6 Å². The van der Waals surface area contributed by atoms with Gasteiger partial charge in [0.25, 0.3) is 0 Å². The number of carboxylic acid groups (broad SMARTS) is 1. The molecular weight excluding hydrogens is 536 g/mol. The first kappa shape index (κ1) is 29.4. The summed E-state index contributed by atoms with van der Waals surface area (Å²) in [5, 5.41) is 10.5. The number of aromatic nitrogens is 2. The number of pyridine rings is 1. The van der Waals surface area contributed by atoms with E-state index in [9.17, 15) is 19.5 Å². The first-order valence-corrected chi connectivity index (χ1v) is 14.5. The van der Waals surface area contributed by atoms with Gasteiger partial charge in [-0.05, 0) is 114 Å². The average Bonchev–Trinajstić information content (AvgIpc) is 3.50. The molecule has 2 aliphatic heterocycles. The van der Waals surface area contributed by atoms with E-state index in [0.717, 1.165) is 51.6 Å². The molecule has 10 nitrogen and oxygen atoms in total. The number of nitrogens with zero attached hydrogens (tertiary/aromatic N) is 4. The van der Waals surface area contributed by atoms with Crippen LogP contribution in [0.15, 0.2) is 30.6 Å². The normalized spacial score (nSPS) is 17.4. The minimum absolute atomic E-state index is 0.170. The van der Waals surface area contributed by atoms with Crippen molar-refractivity contribution in [1.82, 2.24) is 19.4 Å². The Morgan fingerprint density at radius 2 is 1.64 bits per heavy atom. The van der Waals surface area contributed by atoms with Gasteiger partial charge in [-0.2, -0.15) is 0 Å². The third-order valence-corrected chi connectivity index (χ3v) is 7.65. The molecule has 1 saturated heterocycles. The fourth-order valence-corrected chi connectivity index (χ4v) is 5.86. The minimum atomic E-state index is -0.953. The molecule has 1 atom stereocenters. The van der Waals surface area contributed by atoms with Gasteiger partial charge in [0.1, 0.15) is 16.8 Å². The monoisotopic (exact) mass is 576 g/mol. The lowest BCUT2D eigenvalue weighted by atomic mass is 9.86. The maximum absolute atomic E-state index is 13.2. The van der Waals surface area contributed by atoms with E-state index in [1.165, 1.54) is 9.47 Å². The van der Waals surface area contributed by atoms with Gasteiger partial charge >= 0.3 is 18.3 Å². The van der Waals surface area contributed by atoms with E-state index in [0.29, 0.717) is 25.2 Å². The lowest BCUT2D eigenvalue weighted by Crippen LogP contribution is -2.38. The van der Waals surface area contributed by atoms with Crippen LogP contribution >= 0.6 is 0 Å². The van der Waals surface area contributed by atoms with Gasteiger partial charge in [-0.1, -0.05) is 0 Å². The zero-order valence-corrected chi connectivity index (χ0v) is 25.5. The predicted octanol–water partition coefficient (Wildman–Crippen LogP) is 6.90. The van der Waals surface area contributed by atoms with Crippen molar-refractivity contribution in [1.29, 1.82) is 0 Å². The van der Waals surface area contributed by atoms with Gasteiger partial charge in [0.2, 0.25) is 0 Å². The summed E-state index contributed by atoms with van der Waals surface area (Å²) in [6, 6.07) is 5.98. The number of benzene rings is 1. The van der Waals surface area contributed by atoms with Crippen molar-refractivity contribution in [3.8, 4) is 11.1 Å². The van der Waals surface area contributed by atoms with Crippen LogP contribution in [-0.2, 0) is 22.4 Å². The highest BCUT2D eigenvalue weighted by atomic mass is 16.6. The molecule has 1 N–H and O–H groups in total. The van der Waals surface area contributed by atoms with Crippen LogP contribution in [0.25, 0.3) is 22.2 Å². The SMILES string of the molecule is Cc1cn(C(=O)OC(C)(C)C)c2ncc(-c3cc4c(c(C5CCCN5C(=O)OC(C)(C)C)c3)CCN(C(=O)O)C4)cc12. The molecule has 0 saturated carbocycles. The highest BCUT2D eigenvalue weighted by Crippen LogP contribution is 2.40. The number of carbonyl (C=O) groups excluding carboxylic acids is 2. The van der Waals surface area contributed by atoms with Gasteiger partial charge < -0.3 is 24.4 Å². The number of rotatable bonds is 2. The van der Waals surface area contributed by atoms with Gasteiger partial charge in [-0.15, -0.1) is 0 Å². The summed E-state index contributed by atoms with van der Waals surface area (Å²) in [6.07, 6.45) is 3.91. The Balaban J connectivity index is 1.59. The van der Waals surface area contributed by atoms with E-state index in [4.69, 9.17) is 9.47 Å². The summed E-state index contributed by atoms with van der Waals surface area (Å²) >= 11 is 0. The fraction of sp³-hybridized carbons (Fsp3) is 0.500. The number of ether oxygens (including phenoxy) is 2. The average molecular weight is 577 g/mol. The van der Waals surface area contributed by atoms with E-state index in [2.05, 4.69) is 11.1 Å². The summed E-state index contributed by atoms with van der Waals surface area (Å²) in [6.45, 7) is 14.3. The smallest absolute Gasteiger partial charge is 0.420 e. The summed E-state index contributed by atoms with van der Waals surface area (Å²) in [5.41, 5.74) is 4.91. The number of fused-ring (bicyclic) bond motifs is 2. The van der Waals surface area contributed by atoms with E-state index in [-0.39, 0.29) is 18.7 Å². The molecule has 42 heavy (non-hydrogen) atoms. The minimum Gasteiger partial charge on any atom is -0.465 e. The molecule has 2 aliphatic rings. The van der Waals surface area contributed by atoms with Crippen LogP contribution in [0.4, 0.5) is 14.4 Å². The fourth-order valence-electron chi connectivity index (χ4n) is 5.86. The zero-order valence-electron chi connectivity index (χ0n) is 25.5. The number of aryl methyl sites for hydroxylation is 1. The summed E-state index contributed by atoms with van der Waals surface area (Å²) in [7, 11) is 0. The molecule has 2 aromatic heterocycles. The summed E-state index contributed by atoms with van der Waals surface area (Å²) in [5.74, 6) is 0. The van der Waals surface area contributed by atoms with E-state index < -0.39 is 23.4 Å². The standard InChI is InChI=1S/C32H40N4O6/c1-19-17-36(30(40)42-32(5,6)7)27-24(19)15-21(16-33-27)20-13-22-18-34(28(37)38)12-10-23(22)25(14-20)26-9-8-11-35(26)29(39)41-31(2,3)4/h13-17,26H,8-12,18H2,1-7H3,(H,37,38). The van der Waals surface area contributed by atoms with Crippen LogP contribution in [0.2, 0.25) is 0 Å². The second-order valence-electron chi connectivity index (χ2n) is 13.2. The van der Waals surface area contributed by atoms with Crippen molar-refractivity contribution in [2.24, 2.45) is 0 Å². The molecule has 0 radical (unpaired) electrons. The topological polar surface area (TPSA) is 114 Å². The second-order valence-corrected chi connectivity index (χ2v) is 13.2. The molecule has 1 fully saturated rings. The van der Waals surface area contributed by atoms with Crippen LogP contribution in [0.5, 0.6) is 0 Å².